The maximum atomic E-state index is 4.08. The van der Waals surface area contributed by atoms with Crippen LogP contribution in [0.2, 0.25) is 0 Å². The van der Waals surface area contributed by atoms with Gasteiger partial charge in [-0.15, -0.1) is 0 Å². The number of rotatable bonds is 5. The molecular weight excluding hydrogens is 312 g/mol. The molecule has 0 unspecified atom stereocenters. The van der Waals surface area contributed by atoms with Crippen LogP contribution in [0.4, 0.5) is 5.95 Å². The molecule has 1 N–H and O–H groups in total. The minimum Gasteiger partial charge on any atom is -0.354 e. The summed E-state index contributed by atoms with van der Waals surface area (Å²) in [6, 6.07) is 0. The van der Waals surface area contributed by atoms with Gasteiger partial charge >= 0.3 is 0 Å². The number of nitrogens with one attached hydrogen (secondary N) is 1. The Morgan fingerprint density at radius 1 is 1.07 bits per heavy atom. The second-order valence-electron chi connectivity index (χ2n) is 2.83. The van der Waals surface area contributed by atoms with Crippen LogP contribution in [0.15, 0.2) is 9.47 Å². The molecule has 0 amide bonds. The number of hydrogen-bond donors (Lipinski definition) is 1. The van der Waals surface area contributed by atoms with Crippen LogP contribution < -0.4 is 5.32 Å². The smallest absolute Gasteiger partial charge is 0.227 e. The first-order valence-corrected chi connectivity index (χ1v) is 6.12. The van der Waals surface area contributed by atoms with Gasteiger partial charge in [-0.1, -0.05) is 19.8 Å². The highest BCUT2D eigenvalue weighted by Gasteiger charge is 2.00. The van der Waals surface area contributed by atoms with Crippen LogP contribution in [0.1, 0.15) is 26.2 Å². The summed E-state index contributed by atoms with van der Waals surface area (Å²) in [5.74, 6) is 0.606. The highest BCUT2D eigenvalue weighted by Crippen LogP contribution is 2.10. The quantitative estimate of drug-likeness (QED) is 0.846. The van der Waals surface area contributed by atoms with Crippen molar-refractivity contribution in [3.05, 3.63) is 9.47 Å². The third-order valence-electron chi connectivity index (χ3n) is 1.64. The monoisotopic (exact) mass is 322 g/mol. The molecule has 4 nitrogen and oxygen atoms in total. The molecule has 0 atom stereocenters. The number of halogens is 2. The average Bonchev–Trinajstić information content (AvgIpc) is 2.11. The minimum atomic E-state index is 0.539. The molecule has 0 aliphatic rings. The fourth-order valence-electron chi connectivity index (χ4n) is 0.980. The van der Waals surface area contributed by atoms with Crippen molar-refractivity contribution in [3.8, 4) is 0 Å². The van der Waals surface area contributed by atoms with Gasteiger partial charge in [-0.25, -0.2) is 0 Å². The fourth-order valence-corrected chi connectivity index (χ4v) is 1.89. The Hall–Kier alpha value is -0.230. The van der Waals surface area contributed by atoms with Gasteiger partial charge in [0, 0.05) is 6.54 Å². The maximum absolute atomic E-state index is 4.08. The van der Waals surface area contributed by atoms with Crippen molar-refractivity contribution in [1.29, 1.82) is 0 Å². The van der Waals surface area contributed by atoms with Gasteiger partial charge in [0.05, 0.1) is 0 Å². The Labute approximate surface area is 100 Å². The van der Waals surface area contributed by atoms with Crippen molar-refractivity contribution in [3.63, 3.8) is 0 Å². The molecule has 1 rings (SSSR count). The van der Waals surface area contributed by atoms with E-state index in [1.165, 1.54) is 12.8 Å². The summed E-state index contributed by atoms with van der Waals surface area (Å²) in [5, 5.41) is 3.14. The predicted molar refractivity (Wildman–Crippen MR) is 63.2 cm³/mol. The summed E-state index contributed by atoms with van der Waals surface area (Å²) in [4.78, 5) is 12.1. The lowest BCUT2D eigenvalue weighted by Crippen LogP contribution is -2.06. The average molecular weight is 324 g/mol. The molecule has 0 saturated carbocycles. The van der Waals surface area contributed by atoms with Gasteiger partial charge in [0.2, 0.25) is 15.4 Å². The van der Waals surface area contributed by atoms with E-state index in [0.717, 1.165) is 13.0 Å². The second-order valence-corrected chi connectivity index (χ2v) is 4.25. The highest BCUT2D eigenvalue weighted by molar-refractivity contribution is 9.11. The number of nitrogens with zero attached hydrogens (tertiary/aromatic N) is 3. The zero-order chi connectivity index (χ0) is 10.4. The van der Waals surface area contributed by atoms with Crippen molar-refractivity contribution in [2.75, 3.05) is 11.9 Å². The van der Waals surface area contributed by atoms with Crippen molar-refractivity contribution >= 4 is 37.8 Å². The zero-order valence-corrected chi connectivity index (χ0v) is 11.1. The molecule has 78 valence electrons. The molecule has 1 heterocycles. The van der Waals surface area contributed by atoms with Crippen LogP contribution in [0.3, 0.4) is 0 Å². The third kappa shape index (κ3) is 4.32. The van der Waals surface area contributed by atoms with Gasteiger partial charge in [-0.2, -0.15) is 15.0 Å². The van der Waals surface area contributed by atoms with E-state index in [1.807, 2.05) is 0 Å². The summed E-state index contributed by atoms with van der Waals surface area (Å²) in [6.45, 7) is 3.08. The number of anilines is 1. The van der Waals surface area contributed by atoms with Crippen molar-refractivity contribution < 1.29 is 0 Å². The molecule has 0 fully saturated rings. The zero-order valence-electron chi connectivity index (χ0n) is 7.93. The third-order valence-corrected chi connectivity index (χ3v) is 2.35. The van der Waals surface area contributed by atoms with Crippen LogP contribution in [-0.2, 0) is 0 Å². The first-order valence-electron chi connectivity index (χ1n) is 4.53. The standard InChI is InChI=1S/C8H12Br2N4/c1-2-3-4-5-11-8-13-6(9)12-7(10)14-8/h2-5H2,1H3,(H,11,12,13,14). The van der Waals surface area contributed by atoms with Gasteiger partial charge < -0.3 is 5.32 Å². The highest BCUT2D eigenvalue weighted by atomic mass is 79.9. The first-order chi connectivity index (χ1) is 6.72. The topological polar surface area (TPSA) is 50.7 Å². The van der Waals surface area contributed by atoms with E-state index < -0.39 is 0 Å². The first kappa shape index (κ1) is 11.8. The van der Waals surface area contributed by atoms with E-state index in [2.05, 4.69) is 59.1 Å². The molecule has 0 aromatic carbocycles. The fraction of sp³-hybridized carbons (Fsp3) is 0.625. The maximum Gasteiger partial charge on any atom is 0.227 e. The van der Waals surface area contributed by atoms with Crippen LogP contribution in [0.5, 0.6) is 0 Å². The number of unbranched alkanes of at least 4 members (excludes halogenated alkanes) is 2. The van der Waals surface area contributed by atoms with E-state index in [1.54, 1.807) is 0 Å². The normalized spacial score (nSPS) is 10.2. The van der Waals surface area contributed by atoms with Crippen molar-refractivity contribution in [2.45, 2.75) is 26.2 Å². The summed E-state index contributed by atoms with van der Waals surface area (Å²) < 4.78 is 1.08. The largest absolute Gasteiger partial charge is 0.354 e. The molecule has 1 aromatic rings. The van der Waals surface area contributed by atoms with Gasteiger partial charge in [-0.3, -0.25) is 0 Å². The van der Waals surface area contributed by atoms with Gasteiger partial charge in [0.15, 0.2) is 0 Å². The van der Waals surface area contributed by atoms with E-state index in [-0.39, 0.29) is 0 Å². The number of aromatic nitrogens is 3. The SMILES string of the molecule is CCCCCNc1nc(Br)nc(Br)n1. The van der Waals surface area contributed by atoms with Gasteiger partial charge in [-0.05, 0) is 38.3 Å². The molecule has 0 spiro atoms. The molecule has 0 saturated heterocycles. The predicted octanol–water partition coefficient (Wildman–Crippen LogP) is 3.00. The molecule has 14 heavy (non-hydrogen) atoms. The number of hydrogen-bond acceptors (Lipinski definition) is 4. The van der Waals surface area contributed by atoms with E-state index in [4.69, 9.17) is 0 Å². The summed E-state index contributed by atoms with van der Waals surface area (Å²) in [5.41, 5.74) is 0. The lowest BCUT2D eigenvalue weighted by molar-refractivity contribution is 0.739. The summed E-state index contributed by atoms with van der Waals surface area (Å²) in [6.07, 6.45) is 3.57. The molecule has 1 aromatic heterocycles. The van der Waals surface area contributed by atoms with Crippen molar-refractivity contribution in [1.82, 2.24) is 15.0 Å². The molecule has 0 bridgehead atoms. The van der Waals surface area contributed by atoms with Crippen LogP contribution in [0.25, 0.3) is 0 Å². The molecule has 0 aliphatic carbocycles. The molecule has 0 aliphatic heterocycles. The Morgan fingerprint density at radius 2 is 1.71 bits per heavy atom. The molecule has 6 heteroatoms. The Balaban J connectivity index is 2.42. The Bertz CT molecular complexity index is 272. The summed E-state index contributed by atoms with van der Waals surface area (Å²) >= 11 is 6.41. The lowest BCUT2D eigenvalue weighted by atomic mass is 10.2. The van der Waals surface area contributed by atoms with Gasteiger partial charge in [0.1, 0.15) is 0 Å². The van der Waals surface area contributed by atoms with E-state index in [9.17, 15) is 0 Å². The Morgan fingerprint density at radius 3 is 2.29 bits per heavy atom. The van der Waals surface area contributed by atoms with Crippen LogP contribution >= 0.6 is 31.9 Å². The lowest BCUT2D eigenvalue weighted by Gasteiger charge is -2.03. The molecule has 0 radical (unpaired) electrons. The molecular formula is C8H12Br2N4. The van der Waals surface area contributed by atoms with Crippen molar-refractivity contribution in [2.24, 2.45) is 0 Å². The summed E-state index contributed by atoms with van der Waals surface area (Å²) in [7, 11) is 0. The Kier molecular flexibility index (Phi) is 5.32. The second kappa shape index (κ2) is 6.29. The van der Waals surface area contributed by atoms with E-state index in [0.29, 0.717) is 15.4 Å². The van der Waals surface area contributed by atoms with E-state index >= 15 is 0 Å². The van der Waals surface area contributed by atoms with Crippen LogP contribution in [-0.4, -0.2) is 21.5 Å². The van der Waals surface area contributed by atoms with Gasteiger partial charge in [0.25, 0.3) is 0 Å². The van der Waals surface area contributed by atoms with Crippen LogP contribution in [0, 0.1) is 0 Å². The minimum absolute atomic E-state index is 0.539.